The lowest BCUT2D eigenvalue weighted by Gasteiger charge is -2.29. The van der Waals surface area contributed by atoms with Gasteiger partial charge in [-0.15, -0.1) is 0 Å². The monoisotopic (exact) mass is 385 g/mol. The van der Waals surface area contributed by atoms with Crippen LogP contribution < -0.4 is 5.32 Å². The van der Waals surface area contributed by atoms with Crippen molar-refractivity contribution in [2.45, 2.75) is 19.9 Å². The average molecular weight is 385 g/mol. The molecule has 0 bridgehead atoms. The van der Waals surface area contributed by atoms with Crippen LogP contribution >= 0.6 is 11.3 Å². The van der Waals surface area contributed by atoms with Crippen LogP contribution in [0.2, 0.25) is 0 Å². The maximum absolute atomic E-state index is 12.7. The molecule has 0 saturated carbocycles. The van der Waals surface area contributed by atoms with E-state index in [2.05, 4.69) is 35.5 Å². The normalized spacial score (nSPS) is 14.6. The molecule has 1 aromatic carbocycles. The number of fused-ring (bicyclic) bond motifs is 1. The molecule has 1 atom stereocenters. The summed E-state index contributed by atoms with van der Waals surface area (Å²) in [6.45, 7) is 6.44. The summed E-state index contributed by atoms with van der Waals surface area (Å²) < 4.78 is 0. The molecule has 1 aromatic heterocycles. The largest absolute Gasteiger partial charge is 0.350 e. The Morgan fingerprint density at radius 1 is 1.15 bits per heavy atom. The summed E-state index contributed by atoms with van der Waals surface area (Å²) in [6.07, 6.45) is 0. The van der Waals surface area contributed by atoms with Crippen LogP contribution in [0, 0.1) is 0 Å². The van der Waals surface area contributed by atoms with Gasteiger partial charge in [0.25, 0.3) is 17.7 Å². The first-order chi connectivity index (χ1) is 13.0. The summed E-state index contributed by atoms with van der Waals surface area (Å²) >= 11 is 1.64. The van der Waals surface area contributed by atoms with Crippen LogP contribution in [0.25, 0.3) is 0 Å². The zero-order chi connectivity index (χ0) is 19.6. The van der Waals surface area contributed by atoms with Crippen LogP contribution in [0.5, 0.6) is 0 Å². The molecule has 0 fully saturated rings. The number of imide groups is 1. The minimum atomic E-state index is -0.371. The first kappa shape index (κ1) is 19.3. The van der Waals surface area contributed by atoms with Gasteiger partial charge in [0, 0.05) is 19.2 Å². The molecule has 2 aromatic rings. The molecule has 3 rings (SSSR count). The number of nitrogens with zero attached hydrogens (tertiary/aromatic N) is 2. The third-order valence-corrected chi connectivity index (χ3v) is 5.69. The second kappa shape index (κ2) is 8.02. The minimum Gasteiger partial charge on any atom is -0.350 e. The number of thiophene rings is 1. The molecule has 0 saturated heterocycles. The van der Waals surface area contributed by atoms with Crippen molar-refractivity contribution in [1.29, 1.82) is 0 Å². The topological polar surface area (TPSA) is 69.7 Å². The first-order valence-electron chi connectivity index (χ1n) is 8.98. The summed E-state index contributed by atoms with van der Waals surface area (Å²) in [4.78, 5) is 40.1. The van der Waals surface area contributed by atoms with Crippen molar-refractivity contribution in [3.05, 3.63) is 57.3 Å². The molecule has 1 aliphatic heterocycles. The van der Waals surface area contributed by atoms with Gasteiger partial charge in [0.15, 0.2) is 0 Å². The van der Waals surface area contributed by atoms with Crippen molar-refractivity contribution >= 4 is 29.1 Å². The van der Waals surface area contributed by atoms with Crippen molar-refractivity contribution in [3.8, 4) is 0 Å². The molecule has 142 valence electrons. The fourth-order valence-corrected chi connectivity index (χ4v) is 4.09. The lowest BCUT2D eigenvalue weighted by molar-refractivity contribution is 0.0693. The lowest BCUT2D eigenvalue weighted by atomic mass is 10.0. The molecule has 6 nitrogen and oxygen atoms in total. The van der Waals surface area contributed by atoms with Crippen LogP contribution in [0.3, 0.4) is 0 Å². The Kier molecular flexibility index (Phi) is 5.72. The molecule has 2 heterocycles. The number of amides is 3. The quantitative estimate of drug-likeness (QED) is 0.744. The predicted molar refractivity (Wildman–Crippen MR) is 105 cm³/mol. The molecule has 3 amide bonds. The van der Waals surface area contributed by atoms with Crippen LogP contribution in [0.1, 0.15) is 56.5 Å². The maximum atomic E-state index is 12.7. The van der Waals surface area contributed by atoms with Gasteiger partial charge in [-0.1, -0.05) is 13.8 Å². The number of rotatable bonds is 7. The second-order valence-electron chi connectivity index (χ2n) is 6.43. The molecule has 7 heteroatoms. The van der Waals surface area contributed by atoms with Gasteiger partial charge in [-0.05, 0) is 53.7 Å². The third kappa shape index (κ3) is 3.65. The number of carbonyl (C=O) groups is 3. The maximum Gasteiger partial charge on any atom is 0.261 e. The Labute approximate surface area is 162 Å². The predicted octanol–water partition coefficient (Wildman–Crippen LogP) is 2.79. The first-order valence-corrected chi connectivity index (χ1v) is 9.93. The van der Waals surface area contributed by atoms with Crippen molar-refractivity contribution in [3.63, 3.8) is 0 Å². The smallest absolute Gasteiger partial charge is 0.261 e. The van der Waals surface area contributed by atoms with E-state index in [1.54, 1.807) is 23.5 Å². The Morgan fingerprint density at radius 2 is 1.85 bits per heavy atom. The number of carbonyl (C=O) groups excluding carboxylic acids is 3. The van der Waals surface area contributed by atoms with E-state index in [0.29, 0.717) is 17.7 Å². The molecule has 1 N–H and O–H groups in total. The van der Waals surface area contributed by atoms with Crippen molar-refractivity contribution in [1.82, 2.24) is 15.1 Å². The van der Waals surface area contributed by atoms with Gasteiger partial charge in [0.05, 0.1) is 17.2 Å². The summed E-state index contributed by atoms with van der Waals surface area (Å²) in [5, 5.41) is 7.12. The van der Waals surface area contributed by atoms with Crippen LogP contribution in [-0.2, 0) is 0 Å². The number of hydrogen-bond donors (Lipinski definition) is 1. The molecule has 0 spiro atoms. The molecule has 0 aliphatic carbocycles. The van der Waals surface area contributed by atoms with Crippen LogP contribution in [0.4, 0.5) is 0 Å². The zero-order valence-corrected chi connectivity index (χ0v) is 16.5. The van der Waals surface area contributed by atoms with Gasteiger partial charge in [0.1, 0.15) is 0 Å². The highest BCUT2D eigenvalue weighted by atomic mass is 32.1. The summed E-state index contributed by atoms with van der Waals surface area (Å²) in [7, 11) is 1.44. The molecule has 1 aliphatic rings. The van der Waals surface area contributed by atoms with E-state index in [0.717, 1.165) is 18.0 Å². The average Bonchev–Trinajstić information content (AvgIpc) is 3.29. The molecular formula is C20H23N3O3S. The van der Waals surface area contributed by atoms with Gasteiger partial charge in [0.2, 0.25) is 0 Å². The number of benzene rings is 1. The highest BCUT2D eigenvalue weighted by Gasteiger charge is 2.33. The van der Waals surface area contributed by atoms with E-state index in [-0.39, 0.29) is 29.3 Å². The summed E-state index contributed by atoms with van der Waals surface area (Å²) in [6, 6.07) is 6.82. The van der Waals surface area contributed by atoms with Gasteiger partial charge < -0.3 is 5.32 Å². The minimum absolute atomic E-state index is 0.0963. The number of hydrogen-bond acceptors (Lipinski definition) is 5. The highest BCUT2D eigenvalue weighted by molar-refractivity contribution is 7.08. The Hall–Kier alpha value is -2.51. The molecule has 1 unspecified atom stereocenters. The van der Waals surface area contributed by atoms with E-state index in [4.69, 9.17) is 0 Å². The lowest BCUT2D eigenvalue weighted by Crippen LogP contribution is -2.38. The van der Waals surface area contributed by atoms with E-state index in [1.807, 2.05) is 5.38 Å². The number of nitrogens with one attached hydrogen (secondary N) is 1. The van der Waals surface area contributed by atoms with Crippen LogP contribution in [0.15, 0.2) is 35.0 Å². The summed E-state index contributed by atoms with van der Waals surface area (Å²) in [5.74, 6) is -0.954. The second-order valence-corrected chi connectivity index (χ2v) is 7.21. The van der Waals surface area contributed by atoms with E-state index in [1.165, 1.54) is 18.7 Å². The highest BCUT2D eigenvalue weighted by Crippen LogP contribution is 2.24. The van der Waals surface area contributed by atoms with E-state index in [9.17, 15) is 14.4 Å². The van der Waals surface area contributed by atoms with Gasteiger partial charge in [-0.2, -0.15) is 11.3 Å². The van der Waals surface area contributed by atoms with Crippen molar-refractivity contribution in [2.75, 3.05) is 26.7 Å². The SMILES string of the molecule is CCN(CC)C(CNC(=O)c1ccc2c(c1)C(=O)N(C)C2=O)c1ccsc1. The van der Waals surface area contributed by atoms with Gasteiger partial charge in [-0.25, -0.2) is 0 Å². The Morgan fingerprint density at radius 3 is 2.48 bits per heavy atom. The van der Waals surface area contributed by atoms with Gasteiger partial charge in [-0.3, -0.25) is 24.2 Å². The van der Waals surface area contributed by atoms with Gasteiger partial charge >= 0.3 is 0 Å². The Balaban J connectivity index is 1.75. The standard InChI is InChI=1S/C20H23N3O3S/c1-4-23(5-2)17(14-8-9-27-12-14)11-21-18(24)13-6-7-15-16(10-13)20(26)22(3)19(15)25/h6-10,12,17H,4-5,11H2,1-3H3,(H,21,24). The van der Waals surface area contributed by atoms with Crippen molar-refractivity contribution < 1.29 is 14.4 Å². The van der Waals surface area contributed by atoms with Crippen molar-refractivity contribution in [2.24, 2.45) is 0 Å². The molecular weight excluding hydrogens is 362 g/mol. The van der Waals surface area contributed by atoms with E-state index < -0.39 is 0 Å². The van der Waals surface area contributed by atoms with E-state index >= 15 is 0 Å². The summed E-state index contributed by atoms with van der Waals surface area (Å²) in [5.41, 5.74) is 2.20. The van der Waals surface area contributed by atoms with Crippen LogP contribution in [-0.4, -0.2) is 54.2 Å². The molecule has 27 heavy (non-hydrogen) atoms. The Bertz CT molecular complexity index is 859. The zero-order valence-electron chi connectivity index (χ0n) is 15.7. The third-order valence-electron chi connectivity index (χ3n) is 4.99. The number of likely N-dealkylation sites (N-methyl/N-ethyl adjacent to an activating group) is 1. The fraction of sp³-hybridized carbons (Fsp3) is 0.350. The molecule has 0 radical (unpaired) electrons. The fourth-order valence-electron chi connectivity index (χ4n) is 3.38.